The van der Waals surface area contributed by atoms with Gasteiger partial charge < -0.3 is 4.74 Å². The highest BCUT2D eigenvalue weighted by molar-refractivity contribution is 8.18. The van der Waals surface area contributed by atoms with Gasteiger partial charge in [-0.25, -0.2) is 0 Å². The number of hydrogen-bond donors (Lipinski definition) is 0. The van der Waals surface area contributed by atoms with E-state index in [2.05, 4.69) is 6.92 Å². The van der Waals surface area contributed by atoms with Gasteiger partial charge in [0, 0.05) is 0 Å². The van der Waals surface area contributed by atoms with Crippen LogP contribution in [0.1, 0.15) is 65.2 Å². The SMILES string of the molecule is CCCCCCCCC/C=C1\SC(=O)N(CC(=O)OCC)C1=O. The highest BCUT2D eigenvalue weighted by atomic mass is 32.2. The fourth-order valence-corrected chi connectivity index (χ4v) is 3.19. The van der Waals surface area contributed by atoms with Gasteiger partial charge in [0.1, 0.15) is 6.54 Å². The van der Waals surface area contributed by atoms with Gasteiger partial charge in [-0.15, -0.1) is 0 Å². The Morgan fingerprint density at radius 3 is 2.39 bits per heavy atom. The van der Waals surface area contributed by atoms with Crippen molar-refractivity contribution in [3.05, 3.63) is 11.0 Å². The first-order chi connectivity index (χ1) is 11.1. The summed E-state index contributed by atoms with van der Waals surface area (Å²) in [5, 5.41) is -0.395. The van der Waals surface area contributed by atoms with E-state index in [-0.39, 0.29) is 19.1 Å². The molecule has 1 saturated heterocycles. The average Bonchev–Trinajstić information content (AvgIpc) is 2.78. The molecule has 1 aliphatic rings. The Balaban J connectivity index is 2.30. The lowest BCUT2D eigenvalue weighted by Gasteiger charge is -2.10. The zero-order valence-corrected chi connectivity index (χ0v) is 15.0. The average molecular weight is 341 g/mol. The first-order valence-corrected chi connectivity index (χ1v) is 9.31. The largest absolute Gasteiger partial charge is 0.465 e. The van der Waals surface area contributed by atoms with Gasteiger partial charge in [-0.3, -0.25) is 19.3 Å². The molecule has 0 spiro atoms. The third kappa shape index (κ3) is 7.20. The molecule has 0 aromatic rings. The number of carbonyl (C=O) groups is 3. The minimum Gasteiger partial charge on any atom is -0.465 e. The monoisotopic (exact) mass is 341 g/mol. The first-order valence-electron chi connectivity index (χ1n) is 8.49. The van der Waals surface area contributed by atoms with Crippen molar-refractivity contribution in [1.29, 1.82) is 0 Å². The topological polar surface area (TPSA) is 63.7 Å². The molecule has 5 nitrogen and oxygen atoms in total. The molecule has 0 atom stereocenters. The fourth-order valence-electron chi connectivity index (χ4n) is 2.34. The second-order valence-electron chi connectivity index (χ2n) is 5.54. The second kappa shape index (κ2) is 11.3. The van der Waals surface area contributed by atoms with Crippen LogP contribution in [0.15, 0.2) is 11.0 Å². The molecule has 0 saturated carbocycles. The van der Waals surface area contributed by atoms with Crippen LogP contribution in [0, 0.1) is 0 Å². The maximum atomic E-state index is 12.1. The zero-order chi connectivity index (χ0) is 17.1. The molecule has 1 heterocycles. The molecular weight excluding hydrogens is 314 g/mol. The molecule has 0 N–H and O–H groups in total. The predicted molar refractivity (Wildman–Crippen MR) is 92.0 cm³/mol. The van der Waals surface area contributed by atoms with Crippen LogP contribution in [0.3, 0.4) is 0 Å². The number of ether oxygens (including phenoxy) is 1. The van der Waals surface area contributed by atoms with Crippen molar-refractivity contribution in [2.24, 2.45) is 0 Å². The molecule has 1 fully saturated rings. The Kier molecular flexibility index (Phi) is 9.67. The summed E-state index contributed by atoms with van der Waals surface area (Å²) in [6.45, 7) is 3.83. The van der Waals surface area contributed by atoms with Crippen molar-refractivity contribution in [1.82, 2.24) is 4.90 Å². The van der Waals surface area contributed by atoms with Gasteiger partial charge in [-0.1, -0.05) is 51.5 Å². The lowest BCUT2D eigenvalue weighted by molar-refractivity contribution is -0.146. The zero-order valence-electron chi connectivity index (χ0n) is 14.1. The molecule has 0 aromatic heterocycles. The fraction of sp³-hybridized carbons (Fsp3) is 0.706. The Bertz CT molecular complexity index is 448. The molecule has 0 aliphatic carbocycles. The summed E-state index contributed by atoms with van der Waals surface area (Å²) >= 11 is 0.908. The summed E-state index contributed by atoms with van der Waals surface area (Å²) in [5.41, 5.74) is 0. The van der Waals surface area contributed by atoms with Crippen LogP contribution in [-0.2, 0) is 14.3 Å². The molecule has 0 radical (unpaired) electrons. The third-order valence-corrected chi connectivity index (χ3v) is 4.56. The lowest BCUT2D eigenvalue weighted by atomic mass is 10.1. The van der Waals surface area contributed by atoms with Crippen molar-refractivity contribution >= 4 is 28.9 Å². The molecule has 0 bridgehead atoms. The standard InChI is InChI=1S/C17H27NO4S/c1-3-5-6-7-8-9-10-11-12-14-16(20)18(17(21)23-14)13-15(19)22-4-2/h12H,3-11,13H2,1-2H3/b14-12-. The molecule has 0 aromatic carbocycles. The summed E-state index contributed by atoms with van der Waals surface area (Å²) in [6.07, 6.45) is 11.1. The van der Waals surface area contributed by atoms with E-state index in [1.165, 1.54) is 32.1 Å². The number of imide groups is 1. The molecule has 23 heavy (non-hydrogen) atoms. The number of hydrogen-bond acceptors (Lipinski definition) is 5. The molecule has 0 unspecified atom stereocenters. The summed E-state index contributed by atoms with van der Waals surface area (Å²) in [5.74, 6) is -0.931. The maximum absolute atomic E-state index is 12.1. The van der Waals surface area contributed by atoms with Crippen LogP contribution in [0.5, 0.6) is 0 Å². The quantitative estimate of drug-likeness (QED) is 0.319. The highest BCUT2D eigenvalue weighted by Gasteiger charge is 2.36. The van der Waals surface area contributed by atoms with Gasteiger partial charge in [0.05, 0.1) is 11.5 Å². The van der Waals surface area contributed by atoms with Crippen LogP contribution in [-0.4, -0.2) is 35.2 Å². The molecule has 1 aliphatic heterocycles. The van der Waals surface area contributed by atoms with Gasteiger partial charge in [0.25, 0.3) is 11.1 Å². The number of amides is 2. The number of nitrogens with zero attached hydrogens (tertiary/aromatic N) is 1. The van der Waals surface area contributed by atoms with Gasteiger partial charge in [-0.05, 0) is 31.5 Å². The number of rotatable bonds is 11. The van der Waals surface area contributed by atoms with E-state index in [0.29, 0.717) is 4.91 Å². The van der Waals surface area contributed by atoms with E-state index in [4.69, 9.17) is 4.74 Å². The summed E-state index contributed by atoms with van der Waals surface area (Å²) < 4.78 is 4.78. The van der Waals surface area contributed by atoms with Crippen LogP contribution < -0.4 is 0 Å². The van der Waals surface area contributed by atoms with E-state index in [9.17, 15) is 14.4 Å². The van der Waals surface area contributed by atoms with Crippen molar-refractivity contribution in [3.63, 3.8) is 0 Å². The van der Waals surface area contributed by atoms with Crippen LogP contribution in [0.25, 0.3) is 0 Å². The number of unbranched alkanes of at least 4 members (excludes halogenated alkanes) is 7. The minimum absolute atomic E-state index is 0.239. The second-order valence-corrected chi connectivity index (χ2v) is 6.54. The van der Waals surface area contributed by atoms with E-state index >= 15 is 0 Å². The number of esters is 1. The molecule has 130 valence electrons. The van der Waals surface area contributed by atoms with Gasteiger partial charge in [0.15, 0.2) is 0 Å². The molecular formula is C17H27NO4S. The van der Waals surface area contributed by atoms with Crippen molar-refractivity contribution < 1.29 is 19.1 Å². The first kappa shape index (κ1) is 19.7. The summed E-state index contributed by atoms with van der Waals surface area (Å²) in [7, 11) is 0. The van der Waals surface area contributed by atoms with Crippen molar-refractivity contribution in [2.75, 3.05) is 13.2 Å². The van der Waals surface area contributed by atoms with Gasteiger partial charge in [-0.2, -0.15) is 0 Å². The molecule has 1 rings (SSSR count). The maximum Gasteiger partial charge on any atom is 0.326 e. The Labute approximate surface area is 142 Å². The smallest absolute Gasteiger partial charge is 0.326 e. The minimum atomic E-state index is -0.553. The Hall–Kier alpha value is -1.30. The molecule has 2 amide bonds. The predicted octanol–water partition coefficient (Wildman–Crippen LogP) is 4.27. The van der Waals surface area contributed by atoms with Crippen LogP contribution in [0.4, 0.5) is 4.79 Å². The summed E-state index contributed by atoms with van der Waals surface area (Å²) in [6, 6.07) is 0. The lowest BCUT2D eigenvalue weighted by Crippen LogP contribution is -2.34. The number of thioether (sulfide) groups is 1. The third-order valence-electron chi connectivity index (χ3n) is 3.60. The number of allylic oxidation sites excluding steroid dienone is 1. The van der Waals surface area contributed by atoms with Crippen molar-refractivity contribution in [2.45, 2.75) is 65.2 Å². The number of carbonyl (C=O) groups excluding carboxylic acids is 3. The van der Waals surface area contributed by atoms with E-state index in [1.54, 1.807) is 6.92 Å². The highest BCUT2D eigenvalue weighted by Crippen LogP contribution is 2.31. The summed E-state index contributed by atoms with van der Waals surface area (Å²) in [4.78, 5) is 36.7. The van der Waals surface area contributed by atoms with Gasteiger partial charge >= 0.3 is 5.97 Å². The van der Waals surface area contributed by atoms with Gasteiger partial charge in [0.2, 0.25) is 0 Å². The molecule has 6 heteroatoms. The van der Waals surface area contributed by atoms with E-state index < -0.39 is 11.2 Å². The van der Waals surface area contributed by atoms with Crippen LogP contribution in [0.2, 0.25) is 0 Å². The van der Waals surface area contributed by atoms with Crippen LogP contribution >= 0.6 is 11.8 Å². The van der Waals surface area contributed by atoms with E-state index in [1.807, 2.05) is 6.08 Å². The Morgan fingerprint density at radius 1 is 1.09 bits per heavy atom. The van der Waals surface area contributed by atoms with Crippen molar-refractivity contribution in [3.8, 4) is 0 Å². The van der Waals surface area contributed by atoms with E-state index in [0.717, 1.165) is 35.9 Å². The Morgan fingerprint density at radius 2 is 1.74 bits per heavy atom. The normalized spacial score (nSPS) is 16.4.